The van der Waals surface area contributed by atoms with E-state index in [0.717, 1.165) is 18.2 Å². The van der Waals surface area contributed by atoms with E-state index < -0.39 is 23.5 Å². The van der Waals surface area contributed by atoms with Crippen LogP contribution in [0.3, 0.4) is 0 Å². The predicted molar refractivity (Wildman–Crippen MR) is 88.4 cm³/mol. The molecule has 0 saturated carbocycles. The Morgan fingerprint density at radius 1 is 1.08 bits per heavy atom. The number of nitrogens with zero attached hydrogens (tertiary/aromatic N) is 1. The van der Waals surface area contributed by atoms with E-state index in [9.17, 15) is 22.4 Å². The van der Waals surface area contributed by atoms with Gasteiger partial charge in [0.15, 0.2) is 0 Å². The number of carbonyl (C=O) groups is 1. The number of hydrogen-bond donors (Lipinski definition) is 2. The van der Waals surface area contributed by atoms with Gasteiger partial charge in [-0.15, -0.1) is 0 Å². The summed E-state index contributed by atoms with van der Waals surface area (Å²) in [5, 5.41) is 8.69. The second-order valence-electron chi connectivity index (χ2n) is 5.32. The zero-order valence-electron chi connectivity index (χ0n) is 12.9. The first-order valence-electron chi connectivity index (χ1n) is 7.23. The average molecular weight is 384 g/mol. The quantitative estimate of drug-likeness (QED) is 0.615. The van der Waals surface area contributed by atoms with Gasteiger partial charge < -0.3 is 5.32 Å². The second kappa shape index (κ2) is 6.80. The first-order valence-corrected chi connectivity index (χ1v) is 7.61. The summed E-state index contributed by atoms with van der Waals surface area (Å²) in [5.74, 6) is -1.13. The summed E-state index contributed by atoms with van der Waals surface area (Å²) in [6.45, 7) is 0. The Kier molecular flexibility index (Phi) is 4.69. The van der Waals surface area contributed by atoms with E-state index in [0.29, 0.717) is 11.3 Å². The Morgan fingerprint density at radius 3 is 2.42 bits per heavy atom. The highest BCUT2D eigenvalue weighted by Crippen LogP contribution is 2.34. The van der Waals surface area contributed by atoms with Gasteiger partial charge in [-0.2, -0.15) is 18.3 Å². The average Bonchev–Trinajstić information content (AvgIpc) is 3.06. The second-order valence-corrected chi connectivity index (χ2v) is 5.73. The Labute approximate surface area is 149 Å². The van der Waals surface area contributed by atoms with Crippen molar-refractivity contribution >= 4 is 23.2 Å². The number of alkyl halides is 3. The van der Waals surface area contributed by atoms with E-state index in [2.05, 4.69) is 15.5 Å². The first kappa shape index (κ1) is 17.9. The summed E-state index contributed by atoms with van der Waals surface area (Å²) >= 11 is 5.85. The molecular formula is C17H10ClF4N3O. The number of hydrogen-bond acceptors (Lipinski definition) is 2. The van der Waals surface area contributed by atoms with Crippen LogP contribution in [0.1, 0.15) is 16.1 Å². The molecule has 26 heavy (non-hydrogen) atoms. The summed E-state index contributed by atoms with van der Waals surface area (Å²) in [6, 6.07) is 9.46. The summed E-state index contributed by atoms with van der Waals surface area (Å²) in [7, 11) is 0. The minimum absolute atomic E-state index is 0.0119. The minimum Gasteiger partial charge on any atom is -0.319 e. The number of aromatic amines is 1. The molecule has 2 aromatic carbocycles. The molecule has 2 N–H and O–H groups in total. The van der Waals surface area contributed by atoms with Gasteiger partial charge in [0.25, 0.3) is 5.91 Å². The fraction of sp³-hybridized carbons (Fsp3) is 0.0588. The number of anilines is 1. The largest absolute Gasteiger partial charge is 0.416 e. The van der Waals surface area contributed by atoms with Gasteiger partial charge in [-0.25, -0.2) is 4.39 Å². The lowest BCUT2D eigenvalue weighted by Gasteiger charge is -2.11. The number of H-pyrrole nitrogens is 1. The zero-order valence-corrected chi connectivity index (χ0v) is 13.6. The van der Waals surface area contributed by atoms with E-state index in [4.69, 9.17) is 11.6 Å². The molecule has 0 aliphatic heterocycles. The van der Waals surface area contributed by atoms with Crippen LogP contribution in [0.15, 0.2) is 48.5 Å². The van der Waals surface area contributed by atoms with Crippen LogP contribution in [0.25, 0.3) is 11.3 Å². The Bertz CT molecular complexity index is 951. The summed E-state index contributed by atoms with van der Waals surface area (Å²) in [4.78, 5) is 12.2. The molecular weight excluding hydrogens is 374 g/mol. The van der Waals surface area contributed by atoms with E-state index in [1.54, 1.807) is 0 Å². The molecule has 0 unspecified atom stereocenters. The van der Waals surface area contributed by atoms with Crippen molar-refractivity contribution in [3.8, 4) is 11.3 Å². The number of benzene rings is 2. The minimum atomic E-state index is -4.56. The molecule has 0 aliphatic carbocycles. The molecule has 3 rings (SSSR count). The summed E-state index contributed by atoms with van der Waals surface area (Å²) < 4.78 is 51.3. The van der Waals surface area contributed by atoms with Crippen molar-refractivity contribution in [1.82, 2.24) is 10.2 Å². The van der Waals surface area contributed by atoms with Crippen LogP contribution in [0.4, 0.5) is 23.2 Å². The third kappa shape index (κ3) is 3.85. The van der Waals surface area contributed by atoms with Gasteiger partial charge in [-0.3, -0.25) is 9.89 Å². The van der Waals surface area contributed by atoms with Crippen LogP contribution in [0.2, 0.25) is 5.02 Å². The number of aromatic nitrogens is 2. The Morgan fingerprint density at radius 2 is 1.77 bits per heavy atom. The van der Waals surface area contributed by atoms with Gasteiger partial charge in [0.05, 0.1) is 22.0 Å². The molecule has 9 heteroatoms. The van der Waals surface area contributed by atoms with Crippen molar-refractivity contribution in [2.75, 3.05) is 5.32 Å². The van der Waals surface area contributed by atoms with Gasteiger partial charge in [-0.05, 0) is 48.5 Å². The molecule has 0 atom stereocenters. The van der Waals surface area contributed by atoms with Crippen LogP contribution < -0.4 is 5.32 Å². The highest BCUT2D eigenvalue weighted by atomic mass is 35.5. The van der Waals surface area contributed by atoms with Crippen molar-refractivity contribution in [2.24, 2.45) is 0 Å². The molecule has 0 bridgehead atoms. The van der Waals surface area contributed by atoms with E-state index in [1.165, 1.54) is 30.3 Å². The standard InChI is InChI=1S/C17H10ClF4N3O/c18-12-6-3-10(17(20,21)22)7-14(12)23-16(26)15-8-13(24-25-15)9-1-4-11(19)5-2-9/h1-8H,(H,23,26)(H,24,25). The molecule has 0 radical (unpaired) electrons. The van der Waals surface area contributed by atoms with Crippen LogP contribution in [0.5, 0.6) is 0 Å². The molecule has 1 amide bonds. The molecule has 0 spiro atoms. The van der Waals surface area contributed by atoms with Gasteiger partial charge in [-0.1, -0.05) is 11.6 Å². The number of rotatable bonds is 3. The maximum absolute atomic E-state index is 12.9. The molecule has 3 aromatic rings. The van der Waals surface area contributed by atoms with E-state index in [1.807, 2.05) is 0 Å². The molecule has 1 aromatic heterocycles. The maximum atomic E-state index is 12.9. The van der Waals surface area contributed by atoms with Gasteiger partial charge in [0.1, 0.15) is 11.5 Å². The molecule has 4 nitrogen and oxygen atoms in total. The Balaban J connectivity index is 1.82. The van der Waals surface area contributed by atoms with Crippen molar-refractivity contribution < 1.29 is 22.4 Å². The number of amides is 1. The lowest BCUT2D eigenvalue weighted by Crippen LogP contribution is -2.14. The van der Waals surface area contributed by atoms with Crippen molar-refractivity contribution in [3.63, 3.8) is 0 Å². The molecule has 0 saturated heterocycles. The summed E-state index contributed by atoms with van der Waals surface area (Å²) in [6.07, 6.45) is -4.56. The third-order valence-corrected chi connectivity index (χ3v) is 3.83. The first-order chi connectivity index (χ1) is 12.2. The molecule has 1 heterocycles. The predicted octanol–water partition coefficient (Wildman–Crippen LogP) is 5.14. The monoisotopic (exact) mass is 383 g/mol. The van der Waals surface area contributed by atoms with Crippen molar-refractivity contribution in [3.05, 3.63) is 70.6 Å². The van der Waals surface area contributed by atoms with E-state index >= 15 is 0 Å². The van der Waals surface area contributed by atoms with Gasteiger partial charge >= 0.3 is 6.18 Å². The van der Waals surface area contributed by atoms with Crippen molar-refractivity contribution in [1.29, 1.82) is 0 Å². The third-order valence-electron chi connectivity index (χ3n) is 3.50. The normalized spacial score (nSPS) is 11.4. The van der Waals surface area contributed by atoms with Gasteiger partial charge in [0.2, 0.25) is 0 Å². The van der Waals surface area contributed by atoms with Gasteiger partial charge in [0, 0.05) is 5.56 Å². The molecule has 134 valence electrons. The maximum Gasteiger partial charge on any atom is 0.416 e. The SMILES string of the molecule is O=C(Nc1cc(C(F)(F)F)ccc1Cl)c1cc(-c2ccc(F)cc2)n[nH]1. The zero-order chi connectivity index (χ0) is 18.9. The smallest absolute Gasteiger partial charge is 0.319 e. The summed E-state index contributed by atoms with van der Waals surface area (Å²) in [5.41, 5.74) is -0.153. The number of carbonyl (C=O) groups excluding carboxylic acids is 1. The molecule has 0 fully saturated rings. The van der Waals surface area contributed by atoms with Crippen LogP contribution in [-0.2, 0) is 6.18 Å². The fourth-order valence-electron chi connectivity index (χ4n) is 2.19. The number of nitrogens with one attached hydrogen (secondary N) is 2. The number of halogens is 5. The van der Waals surface area contributed by atoms with E-state index in [-0.39, 0.29) is 16.4 Å². The fourth-order valence-corrected chi connectivity index (χ4v) is 2.36. The Hall–Kier alpha value is -2.87. The highest BCUT2D eigenvalue weighted by molar-refractivity contribution is 6.33. The van der Waals surface area contributed by atoms with Crippen LogP contribution >= 0.6 is 11.6 Å². The van der Waals surface area contributed by atoms with Crippen LogP contribution in [0, 0.1) is 5.82 Å². The highest BCUT2D eigenvalue weighted by Gasteiger charge is 2.31. The molecule has 0 aliphatic rings. The lowest BCUT2D eigenvalue weighted by molar-refractivity contribution is -0.137. The lowest BCUT2D eigenvalue weighted by atomic mass is 10.1. The van der Waals surface area contributed by atoms with Crippen molar-refractivity contribution in [2.45, 2.75) is 6.18 Å². The van der Waals surface area contributed by atoms with Crippen LogP contribution in [-0.4, -0.2) is 16.1 Å². The topological polar surface area (TPSA) is 57.8 Å².